The zero-order chi connectivity index (χ0) is 20.8. The van der Waals surface area contributed by atoms with Gasteiger partial charge in [-0.2, -0.15) is 0 Å². The number of hydrogen-bond donors (Lipinski definition) is 1. The van der Waals surface area contributed by atoms with Crippen LogP contribution in [0, 0.1) is 5.92 Å². The molecule has 5 rings (SSSR count). The molecular weight excluding hydrogens is 382 g/mol. The van der Waals surface area contributed by atoms with Crippen LogP contribution in [0.2, 0.25) is 0 Å². The summed E-state index contributed by atoms with van der Waals surface area (Å²) < 4.78 is 3.57. The van der Waals surface area contributed by atoms with E-state index in [4.69, 9.17) is 0 Å². The quantitative estimate of drug-likeness (QED) is 0.712. The van der Waals surface area contributed by atoms with Gasteiger partial charge in [-0.25, -0.2) is 4.98 Å². The van der Waals surface area contributed by atoms with E-state index in [-0.39, 0.29) is 29.2 Å². The molecule has 0 saturated carbocycles. The van der Waals surface area contributed by atoms with Gasteiger partial charge >= 0.3 is 0 Å². The lowest BCUT2D eigenvalue weighted by atomic mass is 9.78. The third-order valence-electron chi connectivity index (χ3n) is 6.30. The molecule has 5 heterocycles. The Morgan fingerprint density at radius 3 is 2.87 bits per heavy atom. The van der Waals surface area contributed by atoms with Gasteiger partial charge < -0.3 is 14.6 Å². The monoisotopic (exact) mass is 405 g/mol. The maximum absolute atomic E-state index is 13.3. The standard InChI is InChI=1S/C22H23N5O3/c1-14(28)25-12-15-9-16(13-25)21(27-18(15)5-4-7-20(27)29)22(30)24-11-17-10-23-19-6-2-3-8-26(17)19/h2-8,10,15-16,21H,9,11-13H2,1H3,(H,24,30)/t15-,16+,21-/m1/s1. The van der Waals surface area contributed by atoms with Gasteiger partial charge in [-0.15, -0.1) is 0 Å². The van der Waals surface area contributed by atoms with Crippen LogP contribution in [0.4, 0.5) is 0 Å². The zero-order valence-electron chi connectivity index (χ0n) is 16.7. The van der Waals surface area contributed by atoms with Crippen molar-refractivity contribution >= 4 is 17.5 Å². The summed E-state index contributed by atoms with van der Waals surface area (Å²) in [7, 11) is 0. The molecule has 1 fully saturated rings. The Labute approximate surface area is 173 Å². The highest BCUT2D eigenvalue weighted by molar-refractivity contribution is 5.81. The Morgan fingerprint density at radius 1 is 1.17 bits per heavy atom. The number of carbonyl (C=O) groups is 2. The van der Waals surface area contributed by atoms with Crippen molar-refractivity contribution in [3.63, 3.8) is 0 Å². The van der Waals surface area contributed by atoms with Gasteiger partial charge in [-0.1, -0.05) is 12.1 Å². The van der Waals surface area contributed by atoms with Crippen molar-refractivity contribution in [2.75, 3.05) is 13.1 Å². The number of amides is 2. The minimum atomic E-state index is -0.633. The van der Waals surface area contributed by atoms with Gasteiger partial charge in [0.25, 0.3) is 5.56 Å². The van der Waals surface area contributed by atoms with Gasteiger partial charge in [-0.05, 0) is 24.6 Å². The lowest BCUT2D eigenvalue weighted by Crippen LogP contribution is -2.54. The first-order valence-corrected chi connectivity index (χ1v) is 10.2. The highest BCUT2D eigenvalue weighted by Gasteiger charge is 2.44. The molecule has 2 bridgehead atoms. The molecule has 2 aliphatic heterocycles. The molecule has 1 N–H and O–H groups in total. The van der Waals surface area contributed by atoms with Crippen LogP contribution in [0.5, 0.6) is 0 Å². The number of rotatable bonds is 3. The molecule has 3 atom stereocenters. The second kappa shape index (κ2) is 7.12. The fourth-order valence-electron chi connectivity index (χ4n) is 4.93. The first-order chi connectivity index (χ1) is 14.5. The van der Waals surface area contributed by atoms with Crippen LogP contribution in [0.15, 0.2) is 53.6 Å². The summed E-state index contributed by atoms with van der Waals surface area (Å²) >= 11 is 0. The molecular formula is C22H23N5O3. The number of likely N-dealkylation sites (tertiary alicyclic amines) is 1. The zero-order valence-corrected chi connectivity index (χ0v) is 16.7. The molecule has 0 radical (unpaired) electrons. The van der Waals surface area contributed by atoms with Gasteiger partial charge in [0.1, 0.15) is 11.7 Å². The van der Waals surface area contributed by atoms with Crippen molar-refractivity contribution < 1.29 is 9.59 Å². The average molecular weight is 405 g/mol. The van der Waals surface area contributed by atoms with Crippen molar-refractivity contribution in [2.24, 2.45) is 5.92 Å². The lowest BCUT2D eigenvalue weighted by molar-refractivity contribution is -0.135. The van der Waals surface area contributed by atoms with E-state index in [1.54, 1.807) is 28.7 Å². The topological polar surface area (TPSA) is 88.7 Å². The van der Waals surface area contributed by atoms with E-state index in [2.05, 4.69) is 10.3 Å². The van der Waals surface area contributed by atoms with Crippen LogP contribution >= 0.6 is 0 Å². The van der Waals surface area contributed by atoms with Crippen LogP contribution in [0.1, 0.15) is 36.7 Å². The minimum absolute atomic E-state index is 0.00122. The van der Waals surface area contributed by atoms with Crippen LogP contribution in [-0.4, -0.2) is 43.8 Å². The first kappa shape index (κ1) is 18.6. The second-order valence-corrected chi connectivity index (χ2v) is 8.12. The Hall–Kier alpha value is -3.42. The van der Waals surface area contributed by atoms with Crippen molar-refractivity contribution in [2.45, 2.75) is 31.8 Å². The van der Waals surface area contributed by atoms with Crippen molar-refractivity contribution in [3.05, 3.63) is 70.5 Å². The van der Waals surface area contributed by atoms with E-state index in [0.717, 1.165) is 23.5 Å². The van der Waals surface area contributed by atoms with Crippen molar-refractivity contribution in [3.8, 4) is 0 Å². The van der Waals surface area contributed by atoms with Gasteiger partial charge in [-0.3, -0.25) is 19.0 Å². The van der Waals surface area contributed by atoms with Crippen molar-refractivity contribution in [1.82, 2.24) is 24.2 Å². The lowest BCUT2D eigenvalue weighted by Gasteiger charge is -2.46. The second-order valence-electron chi connectivity index (χ2n) is 8.12. The molecule has 3 aromatic rings. The minimum Gasteiger partial charge on any atom is -0.349 e. The number of fused-ring (bicyclic) bond motifs is 5. The predicted molar refractivity (Wildman–Crippen MR) is 110 cm³/mol. The fourth-order valence-corrected chi connectivity index (χ4v) is 4.93. The SMILES string of the molecule is CC(=O)N1C[C@H]2C[C@@H](C1)[C@H](C(=O)NCc1cnc3ccccn13)n1c2cccc1=O. The number of carbonyl (C=O) groups excluding carboxylic acids is 2. The summed E-state index contributed by atoms with van der Waals surface area (Å²) in [6.45, 7) is 2.94. The smallest absolute Gasteiger partial charge is 0.251 e. The number of nitrogens with zero attached hydrogens (tertiary/aromatic N) is 4. The predicted octanol–water partition coefficient (Wildman–Crippen LogP) is 1.32. The maximum Gasteiger partial charge on any atom is 0.251 e. The Morgan fingerprint density at radius 2 is 2.03 bits per heavy atom. The van der Waals surface area contributed by atoms with Crippen LogP contribution in [-0.2, 0) is 16.1 Å². The van der Waals surface area contributed by atoms with E-state index >= 15 is 0 Å². The number of imidazole rings is 1. The van der Waals surface area contributed by atoms with E-state index in [1.165, 1.54) is 6.07 Å². The Bertz CT molecular complexity index is 1200. The molecule has 30 heavy (non-hydrogen) atoms. The van der Waals surface area contributed by atoms with E-state index in [1.807, 2.05) is 34.9 Å². The highest BCUT2D eigenvalue weighted by atomic mass is 16.2. The molecule has 1 saturated heterocycles. The fraction of sp³-hybridized carbons (Fsp3) is 0.364. The van der Waals surface area contributed by atoms with E-state index in [0.29, 0.717) is 19.6 Å². The molecule has 3 aromatic heterocycles. The number of piperidine rings is 1. The first-order valence-electron chi connectivity index (χ1n) is 10.2. The Kier molecular flexibility index (Phi) is 4.42. The van der Waals surface area contributed by atoms with Crippen LogP contribution < -0.4 is 10.9 Å². The third kappa shape index (κ3) is 2.99. The third-order valence-corrected chi connectivity index (χ3v) is 6.30. The molecule has 0 aliphatic carbocycles. The average Bonchev–Trinajstić information content (AvgIpc) is 3.16. The van der Waals surface area contributed by atoms with E-state index in [9.17, 15) is 14.4 Å². The Balaban J connectivity index is 1.46. The molecule has 2 amide bonds. The molecule has 0 unspecified atom stereocenters. The van der Waals surface area contributed by atoms with Crippen LogP contribution in [0.3, 0.4) is 0 Å². The summed E-state index contributed by atoms with van der Waals surface area (Å²) in [5.41, 5.74) is 2.34. The summed E-state index contributed by atoms with van der Waals surface area (Å²) in [6, 6.07) is 10.2. The molecule has 154 valence electrons. The molecule has 0 spiro atoms. The largest absolute Gasteiger partial charge is 0.349 e. The summed E-state index contributed by atoms with van der Waals surface area (Å²) in [6.07, 6.45) is 4.44. The number of nitrogens with one attached hydrogen (secondary N) is 1. The molecule has 8 heteroatoms. The van der Waals surface area contributed by atoms with Gasteiger partial charge in [0, 0.05) is 49.8 Å². The molecule has 8 nitrogen and oxygen atoms in total. The summed E-state index contributed by atoms with van der Waals surface area (Å²) in [5, 5.41) is 3.00. The molecule has 0 aromatic carbocycles. The maximum atomic E-state index is 13.3. The van der Waals surface area contributed by atoms with Crippen molar-refractivity contribution in [1.29, 1.82) is 0 Å². The van der Waals surface area contributed by atoms with Crippen LogP contribution in [0.25, 0.3) is 5.65 Å². The van der Waals surface area contributed by atoms with Gasteiger partial charge in [0.05, 0.1) is 18.4 Å². The highest BCUT2D eigenvalue weighted by Crippen LogP contribution is 2.41. The van der Waals surface area contributed by atoms with E-state index < -0.39 is 6.04 Å². The molecule has 2 aliphatic rings. The number of aromatic nitrogens is 3. The number of hydrogen-bond acceptors (Lipinski definition) is 4. The summed E-state index contributed by atoms with van der Waals surface area (Å²) in [5.74, 6) is -0.225. The number of pyridine rings is 2. The van der Waals surface area contributed by atoms with Gasteiger partial charge in [0.15, 0.2) is 0 Å². The normalized spacial score (nSPS) is 22.6. The van der Waals surface area contributed by atoms with Gasteiger partial charge in [0.2, 0.25) is 11.8 Å². The summed E-state index contributed by atoms with van der Waals surface area (Å²) in [4.78, 5) is 44.2.